The van der Waals surface area contributed by atoms with Crippen LogP contribution in [0.4, 0.5) is 0 Å². The summed E-state index contributed by atoms with van der Waals surface area (Å²) in [7, 11) is 4.03. The van der Waals surface area contributed by atoms with Gasteiger partial charge in [-0.25, -0.2) is 0 Å². The van der Waals surface area contributed by atoms with Crippen LogP contribution in [0.25, 0.3) is 0 Å². The first-order valence-corrected chi connectivity index (χ1v) is 5.48. The van der Waals surface area contributed by atoms with Gasteiger partial charge in [-0.05, 0) is 33.5 Å². The molecule has 5 heteroatoms. The standard InChI is InChI=1S/C10H18N4O/c1-11-6-5-9-12-10(13-15-9)8-4-3-7-14(8)2/h8,11H,3-7H2,1-2H3. The summed E-state index contributed by atoms with van der Waals surface area (Å²) in [4.78, 5) is 6.71. The van der Waals surface area contributed by atoms with E-state index in [1.807, 2.05) is 7.05 Å². The highest BCUT2D eigenvalue weighted by atomic mass is 16.5. The van der Waals surface area contributed by atoms with E-state index >= 15 is 0 Å². The Balaban J connectivity index is 1.99. The maximum Gasteiger partial charge on any atom is 0.227 e. The lowest BCUT2D eigenvalue weighted by molar-refractivity contribution is 0.292. The van der Waals surface area contributed by atoms with Gasteiger partial charge in [0.2, 0.25) is 5.89 Å². The van der Waals surface area contributed by atoms with Crippen LogP contribution in [0.3, 0.4) is 0 Å². The van der Waals surface area contributed by atoms with Crippen LogP contribution in [0, 0.1) is 0 Å². The Hall–Kier alpha value is -0.940. The minimum Gasteiger partial charge on any atom is -0.339 e. The molecule has 0 radical (unpaired) electrons. The first-order chi connectivity index (χ1) is 7.31. The molecule has 0 saturated carbocycles. The third kappa shape index (κ3) is 2.35. The first kappa shape index (κ1) is 10.6. The summed E-state index contributed by atoms with van der Waals surface area (Å²) in [5.41, 5.74) is 0. The number of likely N-dealkylation sites (N-methyl/N-ethyl adjacent to an activating group) is 1. The second-order valence-electron chi connectivity index (χ2n) is 4.04. The van der Waals surface area contributed by atoms with Crippen LogP contribution in [-0.2, 0) is 6.42 Å². The van der Waals surface area contributed by atoms with Crippen LogP contribution in [0.5, 0.6) is 0 Å². The summed E-state index contributed by atoms with van der Waals surface area (Å²) in [6.45, 7) is 2.01. The van der Waals surface area contributed by atoms with E-state index in [0.717, 1.165) is 37.6 Å². The SMILES string of the molecule is CNCCc1nc(C2CCCN2C)no1. The Morgan fingerprint density at radius 1 is 1.60 bits per heavy atom. The summed E-state index contributed by atoms with van der Waals surface area (Å²) in [6, 6.07) is 0.358. The largest absolute Gasteiger partial charge is 0.339 e. The minimum absolute atomic E-state index is 0.358. The van der Waals surface area contributed by atoms with Gasteiger partial charge in [0.05, 0.1) is 6.04 Å². The molecule has 0 amide bonds. The average molecular weight is 210 g/mol. The van der Waals surface area contributed by atoms with E-state index in [1.165, 1.54) is 6.42 Å². The van der Waals surface area contributed by atoms with Crippen LogP contribution < -0.4 is 5.32 Å². The molecule has 0 bridgehead atoms. The predicted molar refractivity (Wildman–Crippen MR) is 56.5 cm³/mol. The van der Waals surface area contributed by atoms with Gasteiger partial charge >= 0.3 is 0 Å². The number of hydrogen-bond acceptors (Lipinski definition) is 5. The molecule has 1 aliphatic heterocycles. The number of hydrogen-bond donors (Lipinski definition) is 1. The zero-order chi connectivity index (χ0) is 10.7. The lowest BCUT2D eigenvalue weighted by Crippen LogP contribution is -2.18. The van der Waals surface area contributed by atoms with Crippen molar-refractivity contribution in [3.05, 3.63) is 11.7 Å². The number of rotatable bonds is 4. The van der Waals surface area contributed by atoms with Crippen molar-refractivity contribution < 1.29 is 4.52 Å². The predicted octanol–water partition coefficient (Wildman–Crippen LogP) is 0.598. The highest BCUT2D eigenvalue weighted by molar-refractivity contribution is 4.97. The highest BCUT2D eigenvalue weighted by Crippen LogP contribution is 2.27. The van der Waals surface area contributed by atoms with Crippen molar-refractivity contribution >= 4 is 0 Å². The second-order valence-corrected chi connectivity index (χ2v) is 4.04. The van der Waals surface area contributed by atoms with Crippen molar-refractivity contribution in [3.63, 3.8) is 0 Å². The fourth-order valence-electron chi connectivity index (χ4n) is 1.97. The Bertz CT molecular complexity index is 312. The number of likely N-dealkylation sites (tertiary alicyclic amines) is 1. The molecular formula is C10H18N4O. The van der Waals surface area contributed by atoms with Gasteiger partial charge in [-0.15, -0.1) is 0 Å². The lowest BCUT2D eigenvalue weighted by Gasteiger charge is -2.14. The molecule has 1 unspecified atom stereocenters. The summed E-state index contributed by atoms with van der Waals surface area (Å²) >= 11 is 0. The van der Waals surface area contributed by atoms with Gasteiger partial charge in [-0.1, -0.05) is 5.16 Å². The molecule has 1 aliphatic rings. The zero-order valence-electron chi connectivity index (χ0n) is 9.36. The van der Waals surface area contributed by atoms with Gasteiger partial charge in [0.1, 0.15) is 0 Å². The van der Waals surface area contributed by atoms with Gasteiger partial charge in [-0.3, -0.25) is 4.90 Å². The first-order valence-electron chi connectivity index (χ1n) is 5.48. The fraction of sp³-hybridized carbons (Fsp3) is 0.800. The van der Waals surface area contributed by atoms with E-state index < -0.39 is 0 Å². The van der Waals surface area contributed by atoms with Crippen LogP contribution in [-0.4, -0.2) is 42.2 Å². The van der Waals surface area contributed by atoms with Crippen molar-refractivity contribution in [3.8, 4) is 0 Å². The maximum absolute atomic E-state index is 5.20. The van der Waals surface area contributed by atoms with Crippen LogP contribution >= 0.6 is 0 Å². The molecule has 1 fully saturated rings. The summed E-state index contributed by atoms with van der Waals surface area (Å²) in [5, 5.41) is 7.11. The van der Waals surface area contributed by atoms with Crippen LogP contribution in [0.15, 0.2) is 4.52 Å². The highest BCUT2D eigenvalue weighted by Gasteiger charge is 2.26. The van der Waals surface area contributed by atoms with E-state index in [0.29, 0.717) is 6.04 Å². The van der Waals surface area contributed by atoms with Gasteiger partial charge in [0.15, 0.2) is 5.82 Å². The van der Waals surface area contributed by atoms with Gasteiger partial charge in [-0.2, -0.15) is 4.98 Å². The molecule has 1 saturated heterocycles. The molecule has 84 valence electrons. The fourth-order valence-corrected chi connectivity index (χ4v) is 1.97. The van der Waals surface area contributed by atoms with Crippen molar-refractivity contribution in [2.24, 2.45) is 0 Å². The summed E-state index contributed by atoms with van der Waals surface area (Å²) in [5.74, 6) is 1.58. The number of nitrogens with one attached hydrogen (secondary N) is 1. The van der Waals surface area contributed by atoms with Crippen molar-refractivity contribution in [2.45, 2.75) is 25.3 Å². The molecule has 0 aromatic carbocycles. The monoisotopic (exact) mass is 210 g/mol. The van der Waals surface area contributed by atoms with Crippen molar-refractivity contribution in [1.82, 2.24) is 20.4 Å². The Morgan fingerprint density at radius 3 is 3.13 bits per heavy atom. The Morgan fingerprint density at radius 2 is 2.47 bits per heavy atom. The number of aromatic nitrogens is 2. The molecule has 0 spiro atoms. The Kier molecular flexibility index (Phi) is 3.33. The molecule has 5 nitrogen and oxygen atoms in total. The van der Waals surface area contributed by atoms with Crippen LogP contribution in [0.2, 0.25) is 0 Å². The third-order valence-electron chi connectivity index (χ3n) is 2.89. The van der Waals surface area contributed by atoms with E-state index in [2.05, 4.69) is 27.4 Å². The summed E-state index contributed by atoms with van der Waals surface area (Å²) < 4.78 is 5.20. The van der Waals surface area contributed by atoms with Gasteiger partial charge < -0.3 is 9.84 Å². The van der Waals surface area contributed by atoms with E-state index in [-0.39, 0.29) is 0 Å². The molecule has 1 aromatic rings. The molecule has 2 rings (SSSR count). The van der Waals surface area contributed by atoms with Crippen LogP contribution in [0.1, 0.15) is 30.6 Å². The third-order valence-corrected chi connectivity index (χ3v) is 2.89. The smallest absolute Gasteiger partial charge is 0.227 e. The quantitative estimate of drug-likeness (QED) is 0.788. The second kappa shape index (κ2) is 4.72. The summed E-state index contributed by atoms with van der Waals surface area (Å²) in [6.07, 6.45) is 3.17. The number of nitrogens with zero attached hydrogens (tertiary/aromatic N) is 3. The normalized spacial score (nSPS) is 22.4. The molecule has 0 aliphatic carbocycles. The van der Waals surface area contributed by atoms with Crippen molar-refractivity contribution in [2.75, 3.05) is 27.2 Å². The van der Waals surface area contributed by atoms with E-state index in [1.54, 1.807) is 0 Å². The average Bonchev–Trinajstić information content (AvgIpc) is 2.83. The van der Waals surface area contributed by atoms with Gasteiger partial charge in [0, 0.05) is 13.0 Å². The molecule has 15 heavy (non-hydrogen) atoms. The zero-order valence-corrected chi connectivity index (χ0v) is 9.36. The van der Waals surface area contributed by atoms with E-state index in [4.69, 9.17) is 4.52 Å². The molecular weight excluding hydrogens is 192 g/mol. The molecule has 1 atom stereocenters. The minimum atomic E-state index is 0.358. The Labute approximate surface area is 89.8 Å². The van der Waals surface area contributed by atoms with E-state index in [9.17, 15) is 0 Å². The lowest BCUT2D eigenvalue weighted by atomic mass is 10.2. The maximum atomic E-state index is 5.20. The van der Waals surface area contributed by atoms with Gasteiger partial charge in [0.25, 0.3) is 0 Å². The topological polar surface area (TPSA) is 54.2 Å². The van der Waals surface area contributed by atoms with Crippen molar-refractivity contribution in [1.29, 1.82) is 0 Å². The molecule has 1 N–H and O–H groups in total. The molecule has 2 heterocycles. The molecule has 1 aromatic heterocycles.